The van der Waals surface area contributed by atoms with Crippen molar-refractivity contribution in [2.24, 2.45) is 27.2 Å². The van der Waals surface area contributed by atoms with Crippen LogP contribution in [0.2, 0.25) is 0 Å². The molecule has 0 bridgehead atoms. The number of thiocarbonyl (C=S) groups is 1. The van der Waals surface area contributed by atoms with E-state index in [1.165, 1.54) is 29.6 Å². The largest absolute Gasteiger partial charge is 0.481 e. The summed E-state index contributed by atoms with van der Waals surface area (Å²) in [6.07, 6.45) is 7.66. The number of allylic oxidation sites excluding steroid dienone is 5. The van der Waals surface area contributed by atoms with Gasteiger partial charge in [0.05, 0.1) is 27.2 Å². The number of nitriles is 1. The summed E-state index contributed by atoms with van der Waals surface area (Å²) in [5.74, 6) is -6.40. The highest BCUT2D eigenvalue weighted by atomic mass is 32.2. The normalized spacial score (nSPS) is 21.4. The summed E-state index contributed by atoms with van der Waals surface area (Å²) in [6.45, 7) is 13.2. The zero-order chi connectivity index (χ0) is 47.2. The smallest absolute Gasteiger partial charge is 0.346 e. The highest BCUT2D eigenvalue weighted by Gasteiger charge is 2.36. The van der Waals surface area contributed by atoms with Gasteiger partial charge in [0.2, 0.25) is 5.25 Å². The monoisotopic (exact) mass is 944 g/mol. The van der Waals surface area contributed by atoms with Crippen molar-refractivity contribution < 1.29 is 69.0 Å². The molecule has 1 aliphatic carbocycles. The molecule has 3 aliphatic heterocycles. The quantitative estimate of drug-likeness (QED) is 0.0577. The number of nitrogens with one attached hydrogen (secondary N) is 1. The molecule has 1 saturated heterocycles. The number of carbonyl (C=O) groups is 8. The number of carboxylic acids is 6. The number of rotatable bonds is 9. The number of hydrogen-bond acceptors (Lipinski definition) is 16. The average Bonchev–Trinajstić information content (AvgIpc) is 3.85. The molecular weight excluding hydrogens is 897 g/mol. The van der Waals surface area contributed by atoms with Crippen molar-refractivity contribution in [3.05, 3.63) is 45.7 Å². The van der Waals surface area contributed by atoms with E-state index in [0.717, 1.165) is 40.7 Å². The number of nitrogens with zero attached hydrogens (tertiary/aromatic N) is 3. The van der Waals surface area contributed by atoms with Gasteiger partial charge in [-0.05, 0) is 56.9 Å². The number of aliphatic imine (C=N–C) groups is 2. The summed E-state index contributed by atoms with van der Waals surface area (Å²) in [4.78, 5) is 93.1. The molecule has 1 saturated carbocycles. The molecular formula is C38H48N4O14S5. The van der Waals surface area contributed by atoms with Gasteiger partial charge in [0.25, 0.3) is 5.91 Å². The summed E-state index contributed by atoms with van der Waals surface area (Å²) < 4.78 is 1.34. The van der Waals surface area contributed by atoms with E-state index >= 15 is 0 Å². The fourth-order valence-electron chi connectivity index (χ4n) is 5.27. The fourth-order valence-corrected chi connectivity index (χ4v) is 9.17. The van der Waals surface area contributed by atoms with Gasteiger partial charge >= 0.3 is 35.8 Å². The summed E-state index contributed by atoms with van der Waals surface area (Å²) in [5, 5.41) is 60.2. The average molecular weight is 945 g/mol. The maximum Gasteiger partial charge on any atom is 0.346 e. The number of amidine groups is 1. The molecule has 4 rings (SSSR count). The van der Waals surface area contributed by atoms with Crippen LogP contribution in [-0.2, 0) is 38.4 Å². The maximum atomic E-state index is 11.4. The van der Waals surface area contributed by atoms with Crippen LogP contribution in [0.25, 0.3) is 0 Å². The van der Waals surface area contributed by atoms with Crippen LogP contribution in [0.5, 0.6) is 0 Å². The molecule has 3 heterocycles. The van der Waals surface area contributed by atoms with Crippen LogP contribution in [0.3, 0.4) is 0 Å². The molecule has 0 aromatic rings. The molecule has 4 aliphatic rings. The Hall–Kier alpha value is -4.76. The summed E-state index contributed by atoms with van der Waals surface area (Å²) in [6, 6.07) is 1.81. The van der Waals surface area contributed by atoms with Gasteiger partial charge < -0.3 is 30.6 Å². The van der Waals surface area contributed by atoms with Crippen LogP contribution >= 0.6 is 59.3 Å². The number of carbonyl (C=O) groups excluding carboxylic acids is 2. The number of amides is 1. The van der Waals surface area contributed by atoms with Gasteiger partial charge in [-0.2, -0.15) is 5.26 Å². The Morgan fingerprint density at radius 2 is 1.56 bits per heavy atom. The molecule has 2 fully saturated rings. The fraction of sp³-hybridized carbons (Fsp3) is 0.474. The van der Waals surface area contributed by atoms with E-state index in [1.807, 2.05) is 19.1 Å². The second-order valence-electron chi connectivity index (χ2n) is 13.4. The zero-order valence-electron chi connectivity index (χ0n) is 34.2. The van der Waals surface area contributed by atoms with E-state index in [4.69, 9.17) is 48.1 Å². The lowest BCUT2D eigenvalue weighted by molar-refractivity contribution is -0.146. The third-order valence-electron chi connectivity index (χ3n) is 7.72. The molecule has 0 aromatic carbocycles. The van der Waals surface area contributed by atoms with Gasteiger partial charge in [0, 0.05) is 17.9 Å². The topological polar surface area (TPSA) is 318 Å². The number of aliphatic carboxylic acids is 6. The van der Waals surface area contributed by atoms with Crippen molar-refractivity contribution in [3.8, 4) is 6.07 Å². The molecule has 1 amide bonds. The maximum absolute atomic E-state index is 11.4. The van der Waals surface area contributed by atoms with Crippen molar-refractivity contribution in [2.45, 2.75) is 85.8 Å². The van der Waals surface area contributed by atoms with Crippen LogP contribution in [0.15, 0.2) is 55.7 Å². The molecule has 0 aromatic heterocycles. The van der Waals surface area contributed by atoms with Crippen LogP contribution in [0, 0.1) is 28.6 Å². The van der Waals surface area contributed by atoms with Gasteiger partial charge in [-0.15, -0.1) is 0 Å². The van der Waals surface area contributed by atoms with E-state index in [2.05, 4.69) is 36.1 Å². The Morgan fingerprint density at radius 1 is 0.967 bits per heavy atom. The first-order valence-corrected chi connectivity index (χ1v) is 22.0. The Labute approximate surface area is 374 Å². The molecule has 2 atom stereocenters. The highest BCUT2D eigenvalue weighted by molar-refractivity contribution is 8.39. The van der Waals surface area contributed by atoms with Gasteiger partial charge in [-0.3, -0.25) is 38.9 Å². The lowest BCUT2D eigenvalue weighted by Gasteiger charge is -2.35. The Morgan fingerprint density at radius 3 is 1.93 bits per heavy atom. The van der Waals surface area contributed by atoms with Crippen LogP contribution in [0.4, 0.5) is 0 Å². The first kappa shape index (κ1) is 56.2. The first-order valence-electron chi connectivity index (χ1n) is 18.0. The Bertz CT molecular complexity index is 1950. The van der Waals surface area contributed by atoms with E-state index < -0.39 is 52.9 Å². The van der Waals surface area contributed by atoms with Gasteiger partial charge in [0.15, 0.2) is 11.0 Å². The molecule has 23 heteroatoms. The summed E-state index contributed by atoms with van der Waals surface area (Å²) >= 11 is 9.47. The lowest BCUT2D eigenvalue weighted by atomic mass is 9.69. The van der Waals surface area contributed by atoms with Gasteiger partial charge in [-0.1, -0.05) is 105 Å². The number of Topliss-reactive ketones (excluding diaryl/α,β-unsaturated/α-hetero) is 1. The van der Waals surface area contributed by atoms with Gasteiger partial charge in [0.1, 0.15) is 21.7 Å². The van der Waals surface area contributed by atoms with Crippen molar-refractivity contribution in [1.82, 2.24) is 5.32 Å². The van der Waals surface area contributed by atoms with Crippen molar-refractivity contribution >= 4 is 121 Å². The molecule has 0 spiro atoms. The highest BCUT2D eigenvalue weighted by Crippen LogP contribution is 2.42. The number of carboxylic acid groups (broad SMARTS) is 6. The minimum atomic E-state index is -1.68. The SMILES string of the molecule is C/C=C1/SC(=S)C(CC(=O)O)C1=O.C/C=C1\CSC(SCC(=O)O)=N1.C/C=C1\N=C(SC(C(=O)O)C(=O)O)NC1=O.CC1C/C(=C(\C#N)C(=O)O)CC(C)(C)C1.CCC(=O)O. The molecule has 2 unspecified atom stereocenters. The van der Waals surface area contributed by atoms with Crippen molar-refractivity contribution in [3.63, 3.8) is 0 Å². The standard InChI is InChI=1S/C12H17NO2.C8H8N2O5S.C8H8O3S2.C7H9NO2S2.C3H6O2/c1-8-4-9(6-12(2,3)5-8)10(7-13)11(14)15;1-2-3-5(11)10-8(9-3)16-4(6(12)13)7(14)15;1-2-5-7(11)4(3-6(9)10)8(12)13-5;1-2-5-3-11-7(8-5)12-4-6(9)10;1-2-3(4)5/h8H,4-6H2,1-3H3,(H,14,15);2,4H,1H3,(H,12,13)(H,14,15)(H,9,10,11);2,4H,3H2,1H3,(H,9,10);2H,3-4H2,1H3,(H,9,10);2H2,1H3,(H,4,5)/b10-9-;3-2-;2*5-2+;. The summed E-state index contributed by atoms with van der Waals surface area (Å²) in [7, 11) is 0. The van der Waals surface area contributed by atoms with Crippen LogP contribution in [-0.4, -0.2) is 109 Å². The second-order valence-corrected chi connectivity index (χ2v) is 18.5. The lowest BCUT2D eigenvalue weighted by Crippen LogP contribution is -2.31. The van der Waals surface area contributed by atoms with E-state index in [0.29, 0.717) is 26.8 Å². The van der Waals surface area contributed by atoms with Crippen molar-refractivity contribution in [1.29, 1.82) is 5.26 Å². The minimum absolute atomic E-state index is 0.0205. The minimum Gasteiger partial charge on any atom is -0.481 e. The summed E-state index contributed by atoms with van der Waals surface area (Å²) in [5.41, 5.74) is 2.05. The predicted molar refractivity (Wildman–Crippen MR) is 239 cm³/mol. The third kappa shape index (κ3) is 21.5. The van der Waals surface area contributed by atoms with E-state index in [1.54, 1.807) is 38.6 Å². The van der Waals surface area contributed by atoms with Crippen LogP contribution < -0.4 is 5.32 Å². The molecule has 7 N–H and O–H groups in total. The number of thioether (sulfide) groups is 4. The molecule has 18 nitrogen and oxygen atoms in total. The number of hydrogen-bond donors (Lipinski definition) is 7. The Kier molecular flexibility index (Phi) is 25.8. The zero-order valence-corrected chi connectivity index (χ0v) is 38.3. The number of ketones is 1. The molecule has 0 radical (unpaired) electrons. The molecule has 61 heavy (non-hydrogen) atoms. The van der Waals surface area contributed by atoms with E-state index in [9.17, 15) is 38.4 Å². The second kappa shape index (κ2) is 28.0. The Balaban J connectivity index is 0.000000761. The van der Waals surface area contributed by atoms with Crippen LogP contribution in [0.1, 0.15) is 80.6 Å². The first-order chi connectivity index (χ1) is 28.4. The van der Waals surface area contributed by atoms with E-state index in [-0.39, 0.29) is 46.2 Å². The van der Waals surface area contributed by atoms with Gasteiger partial charge in [-0.25, -0.2) is 14.8 Å². The van der Waals surface area contributed by atoms with Crippen molar-refractivity contribution in [2.75, 3.05) is 11.5 Å². The predicted octanol–water partition coefficient (Wildman–Crippen LogP) is 6.30. The third-order valence-corrected chi connectivity index (χ3v) is 12.7. The molecule has 334 valence electrons.